The molecule has 5 heteroatoms. The zero-order valence-corrected chi connectivity index (χ0v) is 19.4. The van der Waals surface area contributed by atoms with Crippen molar-refractivity contribution in [2.45, 2.75) is 5.54 Å². The fourth-order valence-corrected chi connectivity index (χ4v) is 6.28. The topological polar surface area (TPSA) is 49.7 Å². The van der Waals surface area contributed by atoms with E-state index in [1.165, 1.54) is 10.6 Å². The molecule has 1 aliphatic carbocycles. The second-order valence-electron chi connectivity index (χ2n) is 8.57. The molecule has 1 heterocycles. The lowest BCUT2D eigenvalue weighted by atomic mass is 9.78. The third-order valence-electron chi connectivity index (χ3n) is 6.54. The number of aliphatic imine (C=N–C) groups is 1. The van der Waals surface area contributed by atoms with Crippen molar-refractivity contribution in [1.29, 1.82) is 0 Å². The molecule has 0 fully saturated rings. The summed E-state index contributed by atoms with van der Waals surface area (Å²) in [6, 6.07) is 35.7. The van der Waals surface area contributed by atoms with Crippen molar-refractivity contribution in [3.05, 3.63) is 138 Å². The van der Waals surface area contributed by atoms with Crippen LogP contribution in [0.5, 0.6) is 0 Å². The van der Waals surface area contributed by atoms with Crippen LogP contribution in [-0.2, 0) is 15.6 Å². The fraction of sp³-hybridized carbons (Fsp3) is 0.0690. The maximum atomic E-state index is 13.5. The van der Waals surface area contributed by atoms with Gasteiger partial charge in [-0.25, -0.2) is 13.4 Å². The maximum absolute atomic E-state index is 13.5. The molecule has 0 unspecified atom stereocenters. The van der Waals surface area contributed by atoms with Gasteiger partial charge in [0.25, 0.3) is 0 Å². The summed E-state index contributed by atoms with van der Waals surface area (Å²) in [7, 11) is -3.71. The van der Waals surface area contributed by atoms with Crippen LogP contribution in [0, 0.1) is 0 Å². The lowest BCUT2D eigenvalue weighted by Gasteiger charge is -2.44. The molecule has 0 saturated heterocycles. The van der Waals surface area contributed by atoms with Gasteiger partial charge < -0.3 is 0 Å². The first-order valence-electron chi connectivity index (χ1n) is 11.1. The second kappa shape index (κ2) is 7.54. The Morgan fingerprint density at radius 1 is 0.647 bits per heavy atom. The molecular formula is C29H22N2O2S. The minimum absolute atomic E-state index is 0.609. The van der Waals surface area contributed by atoms with E-state index in [2.05, 4.69) is 12.1 Å². The van der Waals surface area contributed by atoms with Crippen molar-refractivity contribution in [2.75, 3.05) is 6.26 Å². The Morgan fingerprint density at radius 3 is 1.65 bits per heavy atom. The van der Waals surface area contributed by atoms with Gasteiger partial charge in [-0.15, -0.1) is 0 Å². The zero-order valence-electron chi connectivity index (χ0n) is 18.6. The van der Waals surface area contributed by atoms with E-state index in [-0.39, 0.29) is 0 Å². The summed E-state index contributed by atoms with van der Waals surface area (Å²) >= 11 is 0. The quantitative estimate of drug-likeness (QED) is 0.394. The SMILES string of the molecule is CS(=O)(=O)N1C=C(c2ccccc2)N=C(c2ccccc2)C12c1ccccc1-c1ccccc12. The Labute approximate surface area is 199 Å². The molecule has 4 aromatic carbocycles. The number of nitrogens with zero attached hydrogens (tertiary/aromatic N) is 2. The molecule has 1 spiro atoms. The highest BCUT2D eigenvalue weighted by molar-refractivity contribution is 7.88. The summed E-state index contributed by atoms with van der Waals surface area (Å²) in [6.45, 7) is 0. The zero-order chi connectivity index (χ0) is 23.3. The fourth-order valence-electron chi connectivity index (χ4n) is 5.21. The van der Waals surface area contributed by atoms with Crippen LogP contribution in [0.4, 0.5) is 0 Å². The van der Waals surface area contributed by atoms with Crippen LogP contribution in [0.25, 0.3) is 16.8 Å². The van der Waals surface area contributed by atoms with Crippen LogP contribution in [-0.4, -0.2) is 24.7 Å². The van der Waals surface area contributed by atoms with Crippen LogP contribution in [0.1, 0.15) is 22.3 Å². The van der Waals surface area contributed by atoms with E-state index >= 15 is 0 Å². The Kier molecular flexibility index (Phi) is 4.57. The van der Waals surface area contributed by atoms with Crippen LogP contribution >= 0.6 is 0 Å². The van der Waals surface area contributed by atoms with Gasteiger partial charge in [0.15, 0.2) is 0 Å². The molecule has 4 nitrogen and oxygen atoms in total. The van der Waals surface area contributed by atoms with Crippen LogP contribution < -0.4 is 0 Å². The van der Waals surface area contributed by atoms with Gasteiger partial charge in [-0.05, 0) is 27.8 Å². The lowest BCUT2D eigenvalue weighted by molar-refractivity contribution is 0.396. The summed E-state index contributed by atoms with van der Waals surface area (Å²) in [5, 5.41) is 0. The summed E-state index contributed by atoms with van der Waals surface area (Å²) in [6.07, 6.45) is 2.96. The Hall–Kier alpha value is -3.96. The van der Waals surface area contributed by atoms with Gasteiger partial charge in [0, 0.05) is 11.8 Å². The molecule has 0 aromatic heterocycles. The van der Waals surface area contributed by atoms with E-state index in [9.17, 15) is 8.42 Å². The Morgan fingerprint density at radius 2 is 1.12 bits per heavy atom. The number of hydrogen-bond donors (Lipinski definition) is 0. The molecule has 166 valence electrons. The van der Waals surface area contributed by atoms with E-state index in [0.717, 1.165) is 33.4 Å². The molecule has 0 N–H and O–H groups in total. The molecule has 0 atom stereocenters. The highest BCUT2D eigenvalue weighted by Gasteiger charge is 2.55. The van der Waals surface area contributed by atoms with Crippen molar-refractivity contribution in [1.82, 2.24) is 4.31 Å². The van der Waals surface area contributed by atoms with Crippen LogP contribution in [0.2, 0.25) is 0 Å². The standard InChI is InChI=1S/C29H22N2O2S/c1-34(32,33)31-20-27(21-12-4-2-5-13-21)30-28(22-14-6-3-7-15-22)29(31)25-18-10-8-16-23(25)24-17-9-11-19-26(24)29/h2-20H,1H3. The average Bonchev–Trinajstić information content (AvgIpc) is 3.15. The minimum atomic E-state index is -3.71. The summed E-state index contributed by atoms with van der Waals surface area (Å²) in [5.74, 6) is 0. The molecule has 0 bridgehead atoms. The molecule has 0 amide bonds. The first kappa shape index (κ1) is 20.6. The summed E-state index contributed by atoms with van der Waals surface area (Å²) in [5.41, 5.74) is 5.79. The number of fused-ring (bicyclic) bond motifs is 5. The third kappa shape index (κ3) is 2.90. The van der Waals surface area contributed by atoms with Crippen molar-refractivity contribution < 1.29 is 8.42 Å². The highest BCUT2D eigenvalue weighted by atomic mass is 32.2. The number of rotatable bonds is 3. The van der Waals surface area contributed by atoms with Crippen LogP contribution in [0.3, 0.4) is 0 Å². The van der Waals surface area contributed by atoms with E-state index in [0.29, 0.717) is 11.4 Å². The van der Waals surface area contributed by atoms with E-state index in [1.54, 1.807) is 6.20 Å². The smallest absolute Gasteiger partial charge is 0.233 e. The van der Waals surface area contributed by atoms with Gasteiger partial charge in [0.05, 0.1) is 17.7 Å². The molecule has 2 aliphatic rings. The van der Waals surface area contributed by atoms with Crippen molar-refractivity contribution in [3.8, 4) is 11.1 Å². The maximum Gasteiger partial charge on any atom is 0.233 e. The van der Waals surface area contributed by atoms with Crippen molar-refractivity contribution >= 4 is 21.4 Å². The van der Waals surface area contributed by atoms with Gasteiger partial charge in [-0.2, -0.15) is 0 Å². The predicted octanol–water partition coefficient (Wildman–Crippen LogP) is 5.67. The van der Waals surface area contributed by atoms with Crippen molar-refractivity contribution in [2.24, 2.45) is 4.99 Å². The monoisotopic (exact) mass is 462 g/mol. The predicted molar refractivity (Wildman–Crippen MR) is 137 cm³/mol. The molecule has 34 heavy (non-hydrogen) atoms. The summed E-state index contributed by atoms with van der Waals surface area (Å²) in [4.78, 5) is 5.19. The van der Waals surface area contributed by atoms with Gasteiger partial charge in [0.2, 0.25) is 10.0 Å². The largest absolute Gasteiger partial charge is 0.254 e. The van der Waals surface area contributed by atoms with Gasteiger partial charge in [-0.3, -0.25) is 4.31 Å². The van der Waals surface area contributed by atoms with Gasteiger partial charge in [-0.1, -0.05) is 109 Å². The number of benzene rings is 4. The minimum Gasteiger partial charge on any atom is -0.254 e. The lowest BCUT2D eigenvalue weighted by Crippen LogP contribution is -2.53. The van der Waals surface area contributed by atoms with Crippen LogP contribution in [0.15, 0.2) is 120 Å². The average molecular weight is 463 g/mol. The molecule has 6 rings (SSSR count). The first-order chi connectivity index (χ1) is 16.5. The number of hydrogen-bond acceptors (Lipinski definition) is 3. The first-order valence-corrected chi connectivity index (χ1v) is 13.0. The normalized spacial score (nSPS) is 16.0. The molecule has 4 aromatic rings. The molecule has 0 saturated carbocycles. The van der Waals surface area contributed by atoms with E-state index in [1.807, 2.05) is 97.1 Å². The molecule has 0 radical (unpaired) electrons. The second-order valence-corrected chi connectivity index (χ2v) is 10.4. The Bertz CT molecular complexity index is 1530. The highest BCUT2D eigenvalue weighted by Crippen LogP contribution is 2.55. The summed E-state index contributed by atoms with van der Waals surface area (Å²) < 4.78 is 28.6. The number of sulfonamides is 1. The third-order valence-corrected chi connectivity index (χ3v) is 7.64. The van der Waals surface area contributed by atoms with E-state index < -0.39 is 15.6 Å². The molecule has 1 aliphatic heterocycles. The van der Waals surface area contributed by atoms with Crippen molar-refractivity contribution in [3.63, 3.8) is 0 Å². The Balaban J connectivity index is 1.77. The van der Waals surface area contributed by atoms with E-state index in [4.69, 9.17) is 4.99 Å². The van der Waals surface area contributed by atoms with Gasteiger partial charge in [0.1, 0.15) is 5.54 Å². The molecular weight excluding hydrogens is 440 g/mol. The van der Waals surface area contributed by atoms with Gasteiger partial charge >= 0.3 is 0 Å².